The van der Waals surface area contributed by atoms with Crippen LogP contribution in [0.2, 0.25) is 0 Å². The summed E-state index contributed by atoms with van der Waals surface area (Å²) in [6.45, 7) is 0.608. The fourth-order valence-electron chi connectivity index (χ4n) is 3.55. The molecule has 0 radical (unpaired) electrons. The number of piperidine rings is 1. The molecule has 0 amide bonds. The second-order valence-electron chi connectivity index (χ2n) is 6.10. The van der Waals surface area contributed by atoms with Crippen molar-refractivity contribution in [2.24, 2.45) is 5.73 Å². The van der Waals surface area contributed by atoms with Crippen LogP contribution in [0.5, 0.6) is 0 Å². The summed E-state index contributed by atoms with van der Waals surface area (Å²) in [5, 5.41) is 4.17. The van der Waals surface area contributed by atoms with E-state index >= 15 is 0 Å². The molecule has 2 aliphatic heterocycles. The highest BCUT2D eigenvalue weighted by molar-refractivity contribution is 5.06. The quantitative estimate of drug-likeness (QED) is 0.879. The first kappa shape index (κ1) is 14.0. The van der Waals surface area contributed by atoms with Crippen molar-refractivity contribution in [3.05, 3.63) is 11.7 Å². The number of ether oxygens (including phenoxy) is 1. The molecule has 3 atom stereocenters. The molecule has 0 saturated carbocycles. The van der Waals surface area contributed by atoms with Gasteiger partial charge in [0.25, 0.3) is 0 Å². The van der Waals surface area contributed by atoms with Gasteiger partial charge in [0, 0.05) is 31.7 Å². The Labute approximate surface area is 119 Å². The summed E-state index contributed by atoms with van der Waals surface area (Å²) in [6.07, 6.45) is 5.58. The fourth-order valence-corrected chi connectivity index (χ4v) is 3.55. The average Bonchev–Trinajstić information content (AvgIpc) is 2.99. The summed E-state index contributed by atoms with van der Waals surface area (Å²) in [7, 11) is 3.90. The Morgan fingerprint density at radius 1 is 1.40 bits per heavy atom. The molecule has 2 aliphatic rings. The zero-order valence-electron chi connectivity index (χ0n) is 12.3. The first-order chi connectivity index (χ1) is 9.69. The number of aromatic nitrogens is 2. The Bertz CT molecular complexity index is 436. The lowest BCUT2D eigenvalue weighted by Gasteiger charge is -2.34. The lowest BCUT2D eigenvalue weighted by molar-refractivity contribution is 0.157. The van der Waals surface area contributed by atoms with E-state index in [-0.39, 0.29) is 6.04 Å². The summed E-state index contributed by atoms with van der Waals surface area (Å²) in [4.78, 5) is 7.05. The molecule has 2 saturated heterocycles. The molecule has 20 heavy (non-hydrogen) atoms. The van der Waals surface area contributed by atoms with Gasteiger partial charge in [0.05, 0.1) is 6.04 Å². The number of hydrogen-bond acceptors (Lipinski definition) is 6. The van der Waals surface area contributed by atoms with E-state index < -0.39 is 0 Å². The van der Waals surface area contributed by atoms with Gasteiger partial charge in [-0.15, -0.1) is 0 Å². The van der Waals surface area contributed by atoms with Crippen LogP contribution < -0.4 is 5.73 Å². The molecule has 112 valence electrons. The topological polar surface area (TPSA) is 77.4 Å². The van der Waals surface area contributed by atoms with Gasteiger partial charge in [-0.3, -0.25) is 0 Å². The number of fused-ring (bicyclic) bond motifs is 2. The van der Waals surface area contributed by atoms with E-state index in [0.717, 1.165) is 18.7 Å². The van der Waals surface area contributed by atoms with E-state index in [4.69, 9.17) is 15.0 Å². The summed E-state index contributed by atoms with van der Waals surface area (Å²) in [5.74, 6) is 1.82. The minimum atomic E-state index is -0.223. The van der Waals surface area contributed by atoms with Crippen molar-refractivity contribution < 1.29 is 9.26 Å². The van der Waals surface area contributed by atoms with Gasteiger partial charge in [0.2, 0.25) is 5.89 Å². The average molecular weight is 280 g/mol. The summed E-state index contributed by atoms with van der Waals surface area (Å²) >= 11 is 0. The Kier molecular flexibility index (Phi) is 4.05. The third kappa shape index (κ3) is 2.60. The van der Waals surface area contributed by atoms with Gasteiger partial charge >= 0.3 is 0 Å². The van der Waals surface area contributed by atoms with Crippen molar-refractivity contribution in [1.29, 1.82) is 0 Å². The molecule has 2 bridgehead atoms. The highest BCUT2D eigenvalue weighted by atomic mass is 16.5. The van der Waals surface area contributed by atoms with Gasteiger partial charge in [-0.25, -0.2) is 0 Å². The maximum absolute atomic E-state index is 6.03. The number of rotatable bonds is 5. The molecular weight excluding hydrogens is 256 g/mol. The lowest BCUT2D eigenvalue weighted by Crippen LogP contribution is -2.39. The monoisotopic (exact) mass is 280 g/mol. The van der Waals surface area contributed by atoms with Crippen LogP contribution >= 0.6 is 0 Å². The van der Waals surface area contributed by atoms with Gasteiger partial charge in [-0.05, 0) is 39.2 Å². The molecule has 6 heteroatoms. The fraction of sp³-hybridized carbons (Fsp3) is 0.857. The molecule has 1 aromatic rings. The predicted molar refractivity (Wildman–Crippen MR) is 74.3 cm³/mol. The lowest BCUT2D eigenvalue weighted by atomic mass is 9.90. The summed E-state index contributed by atoms with van der Waals surface area (Å²) in [5.41, 5.74) is 6.03. The number of nitrogens with zero attached hydrogens (tertiary/aromatic N) is 3. The number of methoxy groups -OCH3 is 1. The van der Waals surface area contributed by atoms with Crippen LogP contribution in [0.1, 0.15) is 55.8 Å². The third-order valence-corrected chi connectivity index (χ3v) is 4.87. The van der Waals surface area contributed by atoms with Crippen molar-refractivity contribution in [2.45, 2.75) is 56.1 Å². The second kappa shape index (κ2) is 5.79. The smallest absolute Gasteiger partial charge is 0.243 e. The molecule has 0 spiro atoms. The van der Waals surface area contributed by atoms with Crippen LogP contribution in [0.25, 0.3) is 0 Å². The van der Waals surface area contributed by atoms with Crippen LogP contribution in [-0.2, 0) is 4.74 Å². The molecule has 0 aliphatic carbocycles. The van der Waals surface area contributed by atoms with Crippen LogP contribution in [0.3, 0.4) is 0 Å². The second-order valence-corrected chi connectivity index (χ2v) is 6.10. The van der Waals surface area contributed by atoms with E-state index in [1.807, 2.05) is 0 Å². The third-order valence-electron chi connectivity index (χ3n) is 4.87. The zero-order valence-corrected chi connectivity index (χ0v) is 12.3. The van der Waals surface area contributed by atoms with Crippen molar-refractivity contribution in [1.82, 2.24) is 15.0 Å². The molecule has 3 heterocycles. The highest BCUT2D eigenvalue weighted by Crippen LogP contribution is 2.41. The Balaban J connectivity index is 1.65. The molecule has 0 aromatic carbocycles. The van der Waals surface area contributed by atoms with E-state index in [1.54, 1.807) is 7.11 Å². The van der Waals surface area contributed by atoms with Gasteiger partial charge in [-0.2, -0.15) is 4.98 Å². The molecule has 3 rings (SSSR count). The maximum atomic E-state index is 6.03. The first-order valence-corrected chi connectivity index (χ1v) is 7.49. The van der Waals surface area contributed by atoms with Crippen molar-refractivity contribution in [3.63, 3.8) is 0 Å². The molecule has 1 aromatic heterocycles. The summed E-state index contributed by atoms with van der Waals surface area (Å²) < 4.78 is 10.4. The summed E-state index contributed by atoms with van der Waals surface area (Å²) in [6, 6.07) is 1.14. The van der Waals surface area contributed by atoms with E-state index in [2.05, 4.69) is 22.1 Å². The molecule has 3 unspecified atom stereocenters. The maximum Gasteiger partial charge on any atom is 0.243 e. The first-order valence-electron chi connectivity index (χ1n) is 7.49. The van der Waals surface area contributed by atoms with Crippen molar-refractivity contribution >= 4 is 0 Å². The van der Waals surface area contributed by atoms with E-state index in [1.165, 1.54) is 12.8 Å². The van der Waals surface area contributed by atoms with Gasteiger partial charge < -0.3 is 19.9 Å². The van der Waals surface area contributed by atoms with Crippen LogP contribution in [-0.4, -0.2) is 47.9 Å². The van der Waals surface area contributed by atoms with Crippen LogP contribution in [0.4, 0.5) is 0 Å². The van der Waals surface area contributed by atoms with Crippen molar-refractivity contribution in [3.8, 4) is 0 Å². The van der Waals surface area contributed by atoms with Gasteiger partial charge in [0.15, 0.2) is 5.82 Å². The largest absolute Gasteiger partial charge is 0.385 e. The molecule has 6 nitrogen and oxygen atoms in total. The standard InChI is InChI=1S/C14H24N4O2/c1-18-10-3-4-11(18)8-9(7-10)13-16-14(20-17-13)12(15)5-6-19-2/h9-12H,3-8,15H2,1-2H3. The molecular formula is C14H24N4O2. The highest BCUT2D eigenvalue weighted by Gasteiger charge is 2.40. The zero-order chi connectivity index (χ0) is 14.1. The predicted octanol–water partition coefficient (Wildman–Crippen LogP) is 1.45. The van der Waals surface area contributed by atoms with E-state index in [0.29, 0.717) is 36.9 Å². The molecule has 2 N–H and O–H groups in total. The van der Waals surface area contributed by atoms with Crippen molar-refractivity contribution in [2.75, 3.05) is 20.8 Å². The normalized spacial score (nSPS) is 31.6. The Morgan fingerprint density at radius 2 is 2.10 bits per heavy atom. The Morgan fingerprint density at radius 3 is 2.75 bits per heavy atom. The minimum Gasteiger partial charge on any atom is -0.385 e. The molecule has 2 fully saturated rings. The van der Waals surface area contributed by atoms with E-state index in [9.17, 15) is 0 Å². The van der Waals surface area contributed by atoms with Crippen LogP contribution in [0.15, 0.2) is 4.52 Å². The van der Waals surface area contributed by atoms with Gasteiger partial charge in [-0.1, -0.05) is 5.16 Å². The Hall–Kier alpha value is -0.980. The number of hydrogen-bond donors (Lipinski definition) is 1. The minimum absolute atomic E-state index is 0.223. The number of nitrogens with two attached hydrogens (primary N) is 1. The van der Waals surface area contributed by atoms with Gasteiger partial charge in [0.1, 0.15) is 0 Å². The van der Waals surface area contributed by atoms with Crippen LogP contribution in [0, 0.1) is 0 Å². The SMILES string of the molecule is COCCC(N)c1nc(C2CC3CCC(C2)N3C)no1.